The largest absolute Gasteiger partial charge is 0.311 e. The monoisotopic (exact) mass is 377 g/mol. The normalized spacial score (nSPS) is 14.4. The zero-order valence-corrected chi connectivity index (χ0v) is 16.0. The van der Waals surface area contributed by atoms with E-state index in [1.807, 2.05) is 109 Å². The van der Waals surface area contributed by atoms with Gasteiger partial charge in [0.1, 0.15) is 0 Å². The second-order valence-electron chi connectivity index (χ2n) is 7.02. The van der Waals surface area contributed by atoms with Crippen LogP contribution in [0.25, 0.3) is 28.6 Å². The van der Waals surface area contributed by atoms with E-state index in [2.05, 4.69) is 0 Å². The number of hydrogen-bond acceptors (Lipinski definition) is 2. The maximum Gasteiger partial charge on any atom is 0.258 e. The molecule has 4 nitrogen and oxygen atoms in total. The lowest BCUT2D eigenvalue weighted by atomic mass is 10.0. The van der Waals surface area contributed by atoms with Crippen LogP contribution < -0.4 is 4.90 Å². The standard InChI is InChI=1S/C25H19N3O/c1-27-23-15-9-8-14-21(23)22(25(27)29)16-19-17-28(20-12-6-3-7-13-20)26-24(19)18-10-4-2-5-11-18/h2-17H,1H3/b22-16+. The first-order chi connectivity index (χ1) is 14.2. The summed E-state index contributed by atoms with van der Waals surface area (Å²) in [5, 5.41) is 4.84. The molecule has 1 amide bonds. The minimum atomic E-state index is -0.00215. The van der Waals surface area contributed by atoms with E-state index in [0.717, 1.165) is 33.8 Å². The SMILES string of the molecule is CN1C(=O)/C(=C/c2cn(-c3ccccc3)nc2-c2ccccc2)c2ccccc21. The van der Waals surface area contributed by atoms with Crippen LogP contribution in [0, 0.1) is 0 Å². The maximum absolute atomic E-state index is 12.9. The van der Waals surface area contributed by atoms with Crippen LogP contribution in [-0.4, -0.2) is 22.7 Å². The minimum Gasteiger partial charge on any atom is -0.311 e. The van der Waals surface area contributed by atoms with Gasteiger partial charge in [-0.1, -0.05) is 66.7 Å². The van der Waals surface area contributed by atoms with Gasteiger partial charge in [-0.15, -0.1) is 0 Å². The summed E-state index contributed by atoms with van der Waals surface area (Å²) in [5.74, 6) is -0.00215. The average Bonchev–Trinajstić information content (AvgIpc) is 3.31. The molecule has 0 spiro atoms. The first-order valence-electron chi connectivity index (χ1n) is 9.52. The van der Waals surface area contributed by atoms with Gasteiger partial charge in [-0.3, -0.25) is 4.79 Å². The number of nitrogens with zero attached hydrogens (tertiary/aromatic N) is 3. The van der Waals surface area contributed by atoms with Crippen molar-refractivity contribution in [1.29, 1.82) is 0 Å². The Morgan fingerprint density at radius 2 is 1.48 bits per heavy atom. The molecule has 2 heterocycles. The smallest absolute Gasteiger partial charge is 0.258 e. The number of benzene rings is 3. The Kier molecular flexibility index (Phi) is 4.10. The highest BCUT2D eigenvalue weighted by atomic mass is 16.2. The summed E-state index contributed by atoms with van der Waals surface area (Å²) in [6.07, 6.45) is 3.94. The molecule has 0 fully saturated rings. The molecular formula is C25H19N3O. The van der Waals surface area contributed by atoms with Gasteiger partial charge in [0.15, 0.2) is 0 Å². The van der Waals surface area contributed by atoms with Crippen LogP contribution >= 0.6 is 0 Å². The fourth-order valence-corrected chi connectivity index (χ4v) is 3.72. The number of fused-ring (bicyclic) bond motifs is 1. The molecule has 0 saturated carbocycles. The molecule has 0 N–H and O–H groups in total. The number of carbonyl (C=O) groups is 1. The van der Waals surface area contributed by atoms with Crippen molar-refractivity contribution < 1.29 is 4.79 Å². The van der Waals surface area contributed by atoms with Gasteiger partial charge in [0.2, 0.25) is 0 Å². The molecule has 140 valence electrons. The molecule has 4 heteroatoms. The van der Waals surface area contributed by atoms with Crippen molar-refractivity contribution >= 4 is 23.2 Å². The van der Waals surface area contributed by atoms with E-state index in [1.165, 1.54) is 0 Å². The Morgan fingerprint density at radius 3 is 2.24 bits per heavy atom. The number of carbonyl (C=O) groups excluding carboxylic acids is 1. The van der Waals surface area contributed by atoms with E-state index in [0.29, 0.717) is 5.57 Å². The van der Waals surface area contributed by atoms with Gasteiger partial charge in [-0.05, 0) is 24.3 Å². The van der Waals surface area contributed by atoms with Gasteiger partial charge in [0, 0.05) is 35.5 Å². The predicted octanol–water partition coefficient (Wildman–Crippen LogP) is 5.06. The van der Waals surface area contributed by atoms with Crippen molar-refractivity contribution in [2.75, 3.05) is 11.9 Å². The van der Waals surface area contributed by atoms with Gasteiger partial charge in [-0.25, -0.2) is 4.68 Å². The molecule has 29 heavy (non-hydrogen) atoms. The van der Waals surface area contributed by atoms with Crippen LogP contribution in [0.2, 0.25) is 0 Å². The third kappa shape index (κ3) is 2.95. The van der Waals surface area contributed by atoms with Crippen molar-refractivity contribution in [2.24, 2.45) is 0 Å². The van der Waals surface area contributed by atoms with E-state index in [1.54, 1.807) is 4.90 Å². The highest BCUT2D eigenvalue weighted by Gasteiger charge is 2.29. The third-order valence-corrected chi connectivity index (χ3v) is 5.20. The second kappa shape index (κ2) is 6.91. The van der Waals surface area contributed by atoms with Crippen LogP contribution in [0.1, 0.15) is 11.1 Å². The molecule has 0 unspecified atom stereocenters. The fourth-order valence-electron chi connectivity index (χ4n) is 3.72. The predicted molar refractivity (Wildman–Crippen MR) is 117 cm³/mol. The first-order valence-corrected chi connectivity index (χ1v) is 9.52. The van der Waals surface area contributed by atoms with Crippen molar-refractivity contribution in [3.05, 3.63) is 102 Å². The molecule has 0 saturated heterocycles. The highest BCUT2D eigenvalue weighted by Crippen LogP contribution is 2.37. The Bertz CT molecular complexity index is 1220. The van der Waals surface area contributed by atoms with Crippen molar-refractivity contribution in [2.45, 2.75) is 0 Å². The molecule has 0 radical (unpaired) electrons. The zero-order chi connectivity index (χ0) is 19.8. The Balaban J connectivity index is 1.70. The molecule has 1 aliphatic rings. The van der Waals surface area contributed by atoms with Gasteiger partial charge >= 0.3 is 0 Å². The molecular weight excluding hydrogens is 358 g/mol. The number of likely N-dealkylation sites (N-methyl/N-ethyl adjacent to an activating group) is 1. The molecule has 1 aliphatic heterocycles. The van der Waals surface area contributed by atoms with Crippen LogP contribution in [0.15, 0.2) is 91.1 Å². The summed E-state index contributed by atoms with van der Waals surface area (Å²) in [6, 6.07) is 27.9. The van der Waals surface area contributed by atoms with Crippen LogP contribution in [-0.2, 0) is 4.79 Å². The van der Waals surface area contributed by atoms with Crippen LogP contribution in [0.4, 0.5) is 5.69 Å². The lowest BCUT2D eigenvalue weighted by Crippen LogP contribution is -2.20. The number of amides is 1. The average molecular weight is 377 g/mol. The lowest BCUT2D eigenvalue weighted by Gasteiger charge is -2.07. The summed E-state index contributed by atoms with van der Waals surface area (Å²) < 4.78 is 1.86. The minimum absolute atomic E-state index is 0.00215. The Hall–Kier alpha value is -3.92. The van der Waals surface area contributed by atoms with E-state index >= 15 is 0 Å². The summed E-state index contributed by atoms with van der Waals surface area (Å²) >= 11 is 0. The van der Waals surface area contributed by atoms with E-state index in [4.69, 9.17) is 5.10 Å². The van der Waals surface area contributed by atoms with Gasteiger partial charge in [0.05, 0.1) is 17.1 Å². The van der Waals surface area contributed by atoms with E-state index in [9.17, 15) is 4.79 Å². The second-order valence-corrected chi connectivity index (χ2v) is 7.02. The molecule has 0 bridgehead atoms. The highest BCUT2D eigenvalue weighted by molar-refractivity contribution is 6.35. The molecule has 5 rings (SSSR count). The fraction of sp³-hybridized carbons (Fsp3) is 0.0400. The maximum atomic E-state index is 12.9. The molecule has 3 aromatic carbocycles. The molecule has 1 aromatic heterocycles. The number of hydrogen-bond donors (Lipinski definition) is 0. The van der Waals surface area contributed by atoms with Crippen LogP contribution in [0.3, 0.4) is 0 Å². The van der Waals surface area contributed by atoms with Crippen molar-refractivity contribution in [3.63, 3.8) is 0 Å². The first kappa shape index (κ1) is 17.2. The summed E-state index contributed by atoms with van der Waals surface area (Å²) in [5.41, 5.74) is 6.32. The van der Waals surface area contributed by atoms with E-state index in [-0.39, 0.29) is 5.91 Å². The summed E-state index contributed by atoms with van der Waals surface area (Å²) in [4.78, 5) is 14.6. The van der Waals surface area contributed by atoms with Gasteiger partial charge < -0.3 is 4.90 Å². The number of aromatic nitrogens is 2. The Morgan fingerprint density at radius 1 is 0.828 bits per heavy atom. The number of anilines is 1. The lowest BCUT2D eigenvalue weighted by molar-refractivity contribution is -0.112. The number of rotatable bonds is 3. The number of para-hydroxylation sites is 2. The van der Waals surface area contributed by atoms with Crippen molar-refractivity contribution in [1.82, 2.24) is 9.78 Å². The molecule has 4 aromatic rings. The van der Waals surface area contributed by atoms with Gasteiger partial charge in [-0.2, -0.15) is 5.10 Å². The zero-order valence-electron chi connectivity index (χ0n) is 16.0. The van der Waals surface area contributed by atoms with E-state index < -0.39 is 0 Å². The van der Waals surface area contributed by atoms with Crippen molar-refractivity contribution in [3.8, 4) is 16.9 Å². The van der Waals surface area contributed by atoms with Gasteiger partial charge in [0.25, 0.3) is 5.91 Å². The molecule has 0 atom stereocenters. The topological polar surface area (TPSA) is 38.1 Å². The quantitative estimate of drug-likeness (QED) is 0.468. The third-order valence-electron chi connectivity index (χ3n) is 5.20. The summed E-state index contributed by atoms with van der Waals surface area (Å²) in [6.45, 7) is 0. The Labute approximate surface area is 169 Å². The summed E-state index contributed by atoms with van der Waals surface area (Å²) in [7, 11) is 1.81. The van der Waals surface area contributed by atoms with Crippen LogP contribution in [0.5, 0.6) is 0 Å². The molecule has 0 aliphatic carbocycles.